The van der Waals surface area contributed by atoms with Gasteiger partial charge in [-0.05, 0) is 78.6 Å². The van der Waals surface area contributed by atoms with E-state index in [9.17, 15) is 4.79 Å². The van der Waals surface area contributed by atoms with E-state index in [0.717, 1.165) is 30.8 Å². The average Bonchev–Trinajstić information content (AvgIpc) is 2.92. The van der Waals surface area contributed by atoms with Gasteiger partial charge in [-0.2, -0.15) is 0 Å². The molecule has 2 atom stereocenters. The van der Waals surface area contributed by atoms with E-state index >= 15 is 0 Å². The van der Waals surface area contributed by atoms with E-state index in [4.69, 9.17) is 18.9 Å². The smallest absolute Gasteiger partial charge is 0.251 e. The highest BCUT2D eigenvalue weighted by atomic mass is 16.5. The number of hydrogen-bond acceptors (Lipinski definition) is 6. The molecule has 1 aliphatic rings. The maximum atomic E-state index is 13.1. The second-order valence-electron chi connectivity index (χ2n) is 8.91. The first-order valence-corrected chi connectivity index (χ1v) is 12.0. The van der Waals surface area contributed by atoms with Crippen molar-refractivity contribution in [1.82, 2.24) is 10.2 Å². The molecule has 4 rings (SSSR count). The van der Waals surface area contributed by atoms with Crippen LogP contribution in [0.5, 0.6) is 23.0 Å². The van der Waals surface area contributed by atoms with Crippen LogP contribution in [0.3, 0.4) is 0 Å². The minimum atomic E-state index is -0.171. The highest BCUT2D eigenvalue weighted by Gasteiger charge is 2.34. The summed E-state index contributed by atoms with van der Waals surface area (Å²) in [5.74, 6) is 2.82. The van der Waals surface area contributed by atoms with Crippen molar-refractivity contribution < 1.29 is 23.7 Å². The van der Waals surface area contributed by atoms with Gasteiger partial charge in [-0.1, -0.05) is 12.1 Å². The van der Waals surface area contributed by atoms with E-state index in [1.807, 2.05) is 12.1 Å². The normalized spacial score (nSPS) is 16.0. The van der Waals surface area contributed by atoms with Gasteiger partial charge in [0.1, 0.15) is 11.5 Å². The van der Waals surface area contributed by atoms with Crippen molar-refractivity contribution in [2.45, 2.75) is 32.0 Å². The Labute approximate surface area is 212 Å². The maximum Gasteiger partial charge on any atom is 0.251 e. The van der Waals surface area contributed by atoms with Crippen LogP contribution >= 0.6 is 0 Å². The number of fused-ring (bicyclic) bond motifs is 1. The molecule has 1 heterocycles. The average molecular weight is 491 g/mol. The number of carbonyl (C=O) groups excluding carboxylic acids is 1. The fraction of sp³-hybridized carbons (Fsp3) is 0.345. The van der Waals surface area contributed by atoms with Crippen LogP contribution in [0.2, 0.25) is 0 Å². The lowest BCUT2D eigenvalue weighted by atomic mass is 9.87. The van der Waals surface area contributed by atoms with Crippen LogP contribution in [0.4, 0.5) is 0 Å². The molecule has 7 heteroatoms. The number of carbonyl (C=O) groups is 1. The third-order valence-electron chi connectivity index (χ3n) is 6.76. The number of nitrogens with one attached hydrogen (secondary N) is 1. The van der Waals surface area contributed by atoms with Crippen molar-refractivity contribution in [1.29, 1.82) is 0 Å². The largest absolute Gasteiger partial charge is 0.497 e. The Morgan fingerprint density at radius 2 is 1.47 bits per heavy atom. The molecule has 0 aromatic heterocycles. The molecule has 1 amide bonds. The summed E-state index contributed by atoms with van der Waals surface area (Å²) in [7, 11) is 6.57. The zero-order valence-electron chi connectivity index (χ0n) is 21.5. The third-order valence-corrected chi connectivity index (χ3v) is 6.76. The zero-order valence-corrected chi connectivity index (χ0v) is 21.5. The minimum Gasteiger partial charge on any atom is -0.497 e. The van der Waals surface area contributed by atoms with Crippen LogP contribution in [0.25, 0.3) is 0 Å². The quantitative estimate of drug-likeness (QED) is 0.471. The summed E-state index contributed by atoms with van der Waals surface area (Å²) < 4.78 is 21.7. The van der Waals surface area contributed by atoms with Gasteiger partial charge in [-0.25, -0.2) is 0 Å². The number of methoxy groups -OCH3 is 4. The lowest BCUT2D eigenvalue weighted by Crippen LogP contribution is -2.47. The standard InChI is InChI=1S/C29H34N2O5/c1-19(30-29(32)21-8-12-24(34-3)13-9-21)28-25-17-27(36-5)26(35-4)16-22(25)14-15-31(28)18-20-6-10-23(33-2)11-7-20/h6-13,16-17,19,28H,14-15,18H2,1-5H3,(H,30,32)/t19-,28-/m0/s1. The third kappa shape index (κ3) is 5.41. The molecule has 0 fully saturated rings. The lowest BCUT2D eigenvalue weighted by molar-refractivity contribution is 0.0877. The van der Waals surface area contributed by atoms with E-state index in [1.54, 1.807) is 52.7 Å². The fourth-order valence-corrected chi connectivity index (χ4v) is 4.87. The van der Waals surface area contributed by atoms with Gasteiger partial charge in [0.05, 0.1) is 34.5 Å². The van der Waals surface area contributed by atoms with Crippen LogP contribution < -0.4 is 24.3 Å². The molecule has 0 saturated carbocycles. The highest BCUT2D eigenvalue weighted by molar-refractivity contribution is 5.94. The van der Waals surface area contributed by atoms with Crippen LogP contribution in [0.1, 0.15) is 40.0 Å². The van der Waals surface area contributed by atoms with E-state index in [2.05, 4.69) is 41.4 Å². The Kier molecular flexibility index (Phi) is 8.00. The predicted molar refractivity (Wildman–Crippen MR) is 139 cm³/mol. The molecule has 36 heavy (non-hydrogen) atoms. The Morgan fingerprint density at radius 1 is 0.889 bits per heavy atom. The molecule has 0 aliphatic carbocycles. The number of nitrogens with zero attached hydrogens (tertiary/aromatic N) is 1. The van der Waals surface area contributed by atoms with Crippen molar-refractivity contribution in [2.24, 2.45) is 0 Å². The van der Waals surface area contributed by atoms with Crippen LogP contribution in [0.15, 0.2) is 60.7 Å². The minimum absolute atomic E-state index is 0.0575. The highest BCUT2D eigenvalue weighted by Crippen LogP contribution is 2.40. The summed E-state index contributed by atoms with van der Waals surface area (Å²) in [6, 6.07) is 19.1. The molecule has 3 aromatic carbocycles. The Balaban J connectivity index is 1.65. The monoisotopic (exact) mass is 490 g/mol. The molecule has 0 unspecified atom stereocenters. The summed E-state index contributed by atoms with van der Waals surface area (Å²) >= 11 is 0. The number of benzene rings is 3. The summed E-state index contributed by atoms with van der Waals surface area (Å²) in [6.07, 6.45) is 0.876. The molecular weight excluding hydrogens is 456 g/mol. The molecule has 1 N–H and O–H groups in total. The maximum absolute atomic E-state index is 13.1. The first kappa shape index (κ1) is 25.4. The van der Waals surface area contributed by atoms with Crippen molar-refractivity contribution in [2.75, 3.05) is 35.0 Å². The zero-order chi connectivity index (χ0) is 25.7. The molecule has 3 aromatic rings. The van der Waals surface area contributed by atoms with Gasteiger partial charge in [-0.3, -0.25) is 9.69 Å². The van der Waals surface area contributed by atoms with Crippen molar-refractivity contribution in [3.63, 3.8) is 0 Å². The molecule has 190 valence electrons. The second kappa shape index (κ2) is 11.4. The number of hydrogen-bond donors (Lipinski definition) is 1. The summed E-state index contributed by atoms with van der Waals surface area (Å²) in [5, 5.41) is 3.23. The topological polar surface area (TPSA) is 69.3 Å². The van der Waals surface area contributed by atoms with Gasteiger partial charge in [0.15, 0.2) is 11.5 Å². The summed E-state index contributed by atoms with van der Waals surface area (Å²) in [6.45, 7) is 3.64. The Bertz CT molecular complexity index is 1180. The SMILES string of the molecule is COc1ccc(CN2CCc3cc(OC)c(OC)cc3[C@@H]2[C@H](C)NC(=O)c2ccc(OC)cc2)cc1. The lowest BCUT2D eigenvalue weighted by Gasteiger charge is -2.41. The number of amides is 1. The van der Waals surface area contributed by atoms with Crippen LogP contribution in [0, 0.1) is 0 Å². The Morgan fingerprint density at radius 3 is 2.06 bits per heavy atom. The van der Waals surface area contributed by atoms with Crippen LogP contribution in [-0.4, -0.2) is 51.8 Å². The van der Waals surface area contributed by atoms with Gasteiger partial charge >= 0.3 is 0 Å². The number of rotatable bonds is 9. The molecule has 0 saturated heterocycles. The predicted octanol–water partition coefficient (Wildman–Crippen LogP) is 4.64. The van der Waals surface area contributed by atoms with Crippen LogP contribution in [-0.2, 0) is 13.0 Å². The van der Waals surface area contributed by atoms with E-state index in [0.29, 0.717) is 22.8 Å². The van der Waals surface area contributed by atoms with Gasteiger partial charge in [-0.15, -0.1) is 0 Å². The van der Waals surface area contributed by atoms with E-state index in [1.165, 1.54) is 11.1 Å². The van der Waals surface area contributed by atoms with Gasteiger partial charge in [0, 0.05) is 24.7 Å². The molecule has 0 bridgehead atoms. The number of ether oxygens (including phenoxy) is 4. The molecule has 0 radical (unpaired) electrons. The van der Waals surface area contributed by atoms with E-state index < -0.39 is 0 Å². The molecule has 7 nitrogen and oxygen atoms in total. The Hall–Kier alpha value is -3.71. The molecule has 0 spiro atoms. The fourth-order valence-electron chi connectivity index (χ4n) is 4.87. The molecule has 1 aliphatic heterocycles. The summed E-state index contributed by atoms with van der Waals surface area (Å²) in [4.78, 5) is 15.6. The first-order valence-electron chi connectivity index (χ1n) is 12.0. The van der Waals surface area contributed by atoms with Gasteiger partial charge in [0.2, 0.25) is 0 Å². The van der Waals surface area contributed by atoms with Gasteiger partial charge in [0.25, 0.3) is 5.91 Å². The van der Waals surface area contributed by atoms with E-state index in [-0.39, 0.29) is 18.0 Å². The van der Waals surface area contributed by atoms with Crippen molar-refractivity contribution in [3.05, 3.63) is 82.9 Å². The first-order chi connectivity index (χ1) is 17.5. The van der Waals surface area contributed by atoms with Gasteiger partial charge < -0.3 is 24.3 Å². The molecular formula is C29H34N2O5. The second-order valence-corrected chi connectivity index (χ2v) is 8.91. The van der Waals surface area contributed by atoms with Crippen molar-refractivity contribution >= 4 is 5.91 Å². The van der Waals surface area contributed by atoms with Crippen molar-refractivity contribution in [3.8, 4) is 23.0 Å². The summed E-state index contributed by atoms with van der Waals surface area (Å²) in [5.41, 5.74) is 4.11.